The number of carbonyl (C=O) groups excluding carboxylic acids is 1. The average molecular weight is 442 g/mol. The fourth-order valence-corrected chi connectivity index (χ4v) is 5.82. The summed E-state index contributed by atoms with van der Waals surface area (Å²) in [5.74, 6) is -0.825. The summed E-state index contributed by atoms with van der Waals surface area (Å²) in [6, 6.07) is 21.9. The van der Waals surface area contributed by atoms with Crippen molar-refractivity contribution in [3.05, 3.63) is 93.1 Å². The molecule has 5 rings (SSSR count). The molecule has 0 aliphatic carbocycles. The molecule has 3 aromatic rings. The molecule has 31 heavy (non-hydrogen) atoms. The van der Waals surface area contributed by atoms with Gasteiger partial charge in [-0.1, -0.05) is 66.2 Å². The molecule has 3 heterocycles. The van der Waals surface area contributed by atoms with Crippen LogP contribution in [0, 0.1) is 28.1 Å². The lowest BCUT2D eigenvalue weighted by Gasteiger charge is -2.35. The highest BCUT2D eigenvalue weighted by Gasteiger charge is 2.63. The van der Waals surface area contributed by atoms with E-state index in [0.717, 1.165) is 11.3 Å². The minimum absolute atomic E-state index is 0.109. The number of ketones is 1. The van der Waals surface area contributed by atoms with E-state index in [9.17, 15) is 15.3 Å². The SMILES string of the molecule is N#CC1(C#N)[C@H](c2ccccc2Cl)[C@@H](C(=O)c2cccs2)N2c3ccccc3C=C[C@H]21. The Balaban J connectivity index is 1.82. The number of Topliss-reactive ketones (excluding diaryl/α,β-unsaturated/α-hetero) is 1. The molecule has 150 valence electrons. The summed E-state index contributed by atoms with van der Waals surface area (Å²) >= 11 is 7.94. The highest BCUT2D eigenvalue weighted by atomic mass is 35.5. The van der Waals surface area contributed by atoms with Gasteiger partial charge in [0.05, 0.1) is 23.1 Å². The van der Waals surface area contributed by atoms with Gasteiger partial charge in [0.25, 0.3) is 0 Å². The number of nitriles is 2. The molecule has 0 unspecified atom stereocenters. The smallest absolute Gasteiger partial charge is 0.195 e. The Kier molecular flexibility index (Phi) is 4.67. The second-order valence-corrected chi connectivity index (χ2v) is 9.00. The van der Waals surface area contributed by atoms with Gasteiger partial charge in [-0.05, 0) is 34.7 Å². The van der Waals surface area contributed by atoms with Crippen molar-refractivity contribution in [1.29, 1.82) is 10.5 Å². The van der Waals surface area contributed by atoms with Crippen LogP contribution in [0.5, 0.6) is 0 Å². The summed E-state index contributed by atoms with van der Waals surface area (Å²) < 4.78 is 0. The number of halogens is 1. The first-order valence-corrected chi connectivity index (χ1v) is 11.1. The molecule has 2 aromatic carbocycles. The van der Waals surface area contributed by atoms with Crippen molar-refractivity contribution in [2.75, 3.05) is 4.90 Å². The van der Waals surface area contributed by atoms with Gasteiger partial charge in [-0.3, -0.25) is 4.79 Å². The number of thiophene rings is 1. The van der Waals surface area contributed by atoms with Crippen LogP contribution in [0.25, 0.3) is 6.08 Å². The number of hydrogen-bond acceptors (Lipinski definition) is 5. The van der Waals surface area contributed by atoms with Crippen molar-refractivity contribution in [3.8, 4) is 12.1 Å². The molecule has 0 N–H and O–H groups in total. The molecule has 2 aliphatic heterocycles. The first-order valence-electron chi connectivity index (χ1n) is 9.82. The fourth-order valence-electron chi connectivity index (χ4n) is 4.87. The topological polar surface area (TPSA) is 67.9 Å². The van der Waals surface area contributed by atoms with Crippen LogP contribution in [0.15, 0.2) is 72.1 Å². The summed E-state index contributed by atoms with van der Waals surface area (Å²) in [4.78, 5) is 16.4. The van der Waals surface area contributed by atoms with E-state index in [2.05, 4.69) is 12.1 Å². The molecular weight excluding hydrogens is 426 g/mol. The van der Waals surface area contributed by atoms with Gasteiger partial charge >= 0.3 is 0 Å². The van der Waals surface area contributed by atoms with Crippen LogP contribution >= 0.6 is 22.9 Å². The second kappa shape index (κ2) is 7.39. The van der Waals surface area contributed by atoms with Crippen LogP contribution in [0.3, 0.4) is 0 Å². The van der Waals surface area contributed by atoms with Crippen molar-refractivity contribution in [1.82, 2.24) is 0 Å². The molecule has 1 saturated heterocycles. The third-order valence-electron chi connectivity index (χ3n) is 6.19. The molecule has 3 atom stereocenters. The molecule has 2 aliphatic rings. The summed E-state index contributed by atoms with van der Waals surface area (Å²) in [7, 11) is 0. The number of carbonyl (C=O) groups is 1. The third kappa shape index (κ3) is 2.75. The predicted octanol–water partition coefficient (Wildman–Crippen LogP) is 5.69. The Hall–Kier alpha value is -3.38. The first-order chi connectivity index (χ1) is 15.1. The zero-order chi connectivity index (χ0) is 21.6. The summed E-state index contributed by atoms with van der Waals surface area (Å²) in [5, 5.41) is 23.0. The Morgan fingerprint density at radius 2 is 1.77 bits per heavy atom. The molecule has 1 fully saturated rings. The standard InChI is InChI=1S/C25H16ClN3OS/c26-18-8-3-2-7-17(18)22-23(24(30)20-10-5-13-31-20)29-19-9-4-1-6-16(19)11-12-21(29)25(22,14-27)15-28/h1-13,21-23H/t21-,22+,23-/m0/s1. The maximum Gasteiger partial charge on any atom is 0.195 e. The molecule has 0 radical (unpaired) electrons. The highest BCUT2D eigenvalue weighted by molar-refractivity contribution is 7.12. The van der Waals surface area contributed by atoms with Crippen LogP contribution in [0.1, 0.15) is 26.7 Å². The fraction of sp³-hybridized carbons (Fsp3) is 0.160. The normalized spacial score (nSPS) is 22.8. The molecule has 0 amide bonds. The zero-order valence-electron chi connectivity index (χ0n) is 16.3. The van der Waals surface area contributed by atoms with Crippen molar-refractivity contribution < 1.29 is 4.79 Å². The Labute approximate surface area is 189 Å². The number of benzene rings is 2. The zero-order valence-corrected chi connectivity index (χ0v) is 17.8. The molecule has 1 aromatic heterocycles. The molecule has 4 nitrogen and oxygen atoms in total. The lowest BCUT2D eigenvalue weighted by molar-refractivity contribution is 0.0955. The second-order valence-electron chi connectivity index (χ2n) is 7.65. The van der Waals surface area contributed by atoms with E-state index >= 15 is 0 Å². The number of hydrogen-bond donors (Lipinski definition) is 0. The van der Waals surface area contributed by atoms with Crippen LogP contribution in [0.4, 0.5) is 5.69 Å². The third-order valence-corrected chi connectivity index (χ3v) is 7.42. The minimum Gasteiger partial charge on any atom is -0.351 e. The van der Waals surface area contributed by atoms with Crippen LogP contribution < -0.4 is 4.90 Å². The van der Waals surface area contributed by atoms with E-state index in [1.54, 1.807) is 18.2 Å². The molecule has 0 spiro atoms. The van der Waals surface area contributed by atoms with Crippen LogP contribution in [-0.4, -0.2) is 17.9 Å². The summed E-state index contributed by atoms with van der Waals surface area (Å²) in [6.07, 6.45) is 3.81. The largest absolute Gasteiger partial charge is 0.351 e. The van der Waals surface area contributed by atoms with Gasteiger partial charge in [0.15, 0.2) is 11.2 Å². The Bertz CT molecular complexity index is 1270. The number of fused-ring (bicyclic) bond motifs is 3. The average Bonchev–Trinajstić information content (AvgIpc) is 3.44. The van der Waals surface area contributed by atoms with Crippen LogP contribution in [0.2, 0.25) is 5.02 Å². The van der Waals surface area contributed by atoms with Crippen LogP contribution in [-0.2, 0) is 0 Å². The number of anilines is 1. The molecule has 0 saturated carbocycles. The first kappa shape index (κ1) is 19.6. The molecule has 6 heteroatoms. The van der Waals surface area contributed by atoms with Gasteiger partial charge in [-0.2, -0.15) is 10.5 Å². The minimum atomic E-state index is -1.48. The lowest BCUT2D eigenvalue weighted by atomic mass is 9.69. The van der Waals surface area contributed by atoms with E-state index in [-0.39, 0.29) is 5.78 Å². The quantitative estimate of drug-likeness (QED) is 0.490. The maximum absolute atomic E-state index is 13.9. The number of rotatable bonds is 3. The van der Waals surface area contributed by atoms with Gasteiger partial charge < -0.3 is 4.90 Å². The predicted molar refractivity (Wildman–Crippen MR) is 122 cm³/mol. The Morgan fingerprint density at radius 3 is 2.48 bits per heavy atom. The van der Waals surface area contributed by atoms with Crippen molar-refractivity contribution in [3.63, 3.8) is 0 Å². The highest BCUT2D eigenvalue weighted by Crippen LogP contribution is 2.56. The lowest BCUT2D eigenvalue weighted by Crippen LogP contribution is -2.44. The monoisotopic (exact) mass is 441 g/mol. The Morgan fingerprint density at radius 1 is 1.03 bits per heavy atom. The maximum atomic E-state index is 13.9. The number of para-hydroxylation sites is 1. The van der Waals surface area contributed by atoms with E-state index in [4.69, 9.17) is 11.6 Å². The molecular formula is C25H16ClN3OS. The van der Waals surface area contributed by atoms with E-state index in [1.807, 2.05) is 64.9 Å². The van der Waals surface area contributed by atoms with Crippen molar-refractivity contribution in [2.45, 2.75) is 18.0 Å². The van der Waals surface area contributed by atoms with E-state index in [0.29, 0.717) is 15.5 Å². The van der Waals surface area contributed by atoms with E-state index < -0.39 is 23.4 Å². The van der Waals surface area contributed by atoms with Gasteiger partial charge in [-0.25, -0.2) is 0 Å². The number of nitrogens with zero attached hydrogens (tertiary/aromatic N) is 3. The van der Waals surface area contributed by atoms with Gasteiger partial charge in [-0.15, -0.1) is 11.3 Å². The van der Waals surface area contributed by atoms with Gasteiger partial charge in [0.1, 0.15) is 6.04 Å². The van der Waals surface area contributed by atoms with Crippen molar-refractivity contribution >= 4 is 40.5 Å². The van der Waals surface area contributed by atoms with Crippen molar-refractivity contribution in [2.24, 2.45) is 5.41 Å². The van der Waals surface area contributed by atoms with Gasteiger partial charge in [0, 0.05) is 16.6 Å². The molecule has 0 bridgehead atoms. The summed E-state index contributed by atoms with van der Waals surface area (Å²) in [5.41, 5.74) is 0.955. The van der Waals surface area contributed by atoms with E-state index in [1.165, 1.54) is 11.3 Å². The van der Waals surface area contributed by atoms with Gasteiger partial charge in [0.2, 0.25) is 0 Å². The summed E-state index contributed by atoms with van der Waals surface area (Å²) in [6.45, 7) is 0.